The van der Waals surface area contributed by atoms with Crippen LogP contribution >= 0.6 is 11.3 Å². The Morgan fingerprint density at radius 1 is 1.24 bits per heavy atom. The van der Waals surface area contributed by atoms with Crippen molar-refractivity contribution in [3.63, 3.8) is 0 Å². The van der Waals surface area contributed by atoms with Gasteiger partial charge in [-0.15, -0.1) is 11.3 Å². The highest BCUT2D eigenvalue weighted by molar-refractivity contribution is 7.07. The maximum atomic E-state index is 12.0. The molecular formula is C15H14F3N3O3S. The molecule has 0 aliphatic heterocycles. The summed E-state index contributed by atoms with van der Waals surface area (Å²) in [6.45, 7) is -1.76. The van der Waals surface area contributed by atoms with Crippen molar-refractivity contribution in [1.29, 1.82) is 0 Å². The van der Waals surface area contributed by atoms with Crippen molar-refractivity contribution in [2.24, 2.45) is 0 Å². The first kappa shape index (κ1) is 18.7. The third-order valence-electron chi connectivity index (χ3n) is 2.86. The van der Waals surface area contributed by atoms with Gasteiger partial charge in [-0.1, -0.05) is 6.07 Å². The van der Waals surface area contributed by atoms with Gasteiger partial charge >= 0.3 is 6.18 Å². The average Bonchev–Trinajstić information content (AvgIpc) is 3.09. The molecule has 2 amide bonds. The molecule has 25 heavy (non-hydrogen) atoms. The smallest absolute Gasteiger partial charge is 0.405 e. The van der Waals surface area contributed by atoms with Gasteiger partial charge in [0, 0.05) is 10.9 Å². The number of carbonyl (C=O) groups excluding carboxylic acids is 2. The monoisotopic (exact) mass is 373 g/mol. The molecule has 0 bridgehead atoms. The van der Waals surface area contributed by atoms with E-state index in [4.69, 9.17) is 4.74 Å². The Kier molecular flexibility index (Phi) is 6.34. The summed E-state index contributed by atoms with van der Waals surface area (Å²) in [5, 5.41) is 5.74. The predicted octanol–water partition coefficient (Wildman–Crippen LogP) is 2.13. The quantitative estimate of drug-likeness (QED) is 0.779. The van der Waals surface area contributed by atoms with Crippen LogP contribution in [0.4, 0.5) is 13.2 Å². The molecule has 0 saturated carbocycles. The Morgan fingerprint density at radius 3 is 2.72 bits per heavy atom. The molecule has 1 heterocycles. The van der Waals surface area contributed by atoms with Gasteiger partial charge in [-0.25, -0.2) is 4.98 Å². The van der Waals surface area contributed by atoms with Crippen LogP contribution in [0.1, 0.15) is 16.1 Å². The number of benzene rings is 1. The lowest BCUT2D eigenvalue weighted by atomic mass is 10.2. The van der Waals surface area contributed by atoms with E-state index in [-0.39, 0.29) is 12.2 Å². The summed E-state index contributed by atoms with van der Waals surface area (Å²) in [5.41, 5.74) is 2.65. The van der Waals surface area contributed by atoms with E-state index in [0.717, 1.165) is 5.69 Å². The SMILES string of the molecule is O=C(CNC(=O)c1cccc(OCc2cscn2)c1)NCC(F)(F)F. The molecule has 0 atom stereocenters. The van der Waals surface area contributed by atoms with Gasteiger partial charge in [0.05, 0.1) is 17.7 Å². The number of hydrogen-bond donors (Lipinski definition) is 2. The molecule has 0 aliphatic rings. The summed E-state index contributed by atoms with van der Waals surface area (Å²) in [4.78, 5) is 27.3. The van der Waals surface area contributed by atoms with Crippen LogP contribution in [0, 0.1) is 0 Å². The highest BCUT2D eigenvalue weighted by atomic mass is 32.1. The third-order valence-corrected chi connectivity index (χ3v) is 3.50. The van der Waals surface area contributed by atoms with Crippen molar-refractivity contribution in [2.45, 2.75) is 12.8 Å². The third kappa shape index (κ3) is 6.79. The maximum Gasteiger partial charge on any atom is 0.405 e. The Labute approximate surface area is 145 Å². The van der Waals surface area contributed by atoms with E-state index in [1.807, 2.05) is 5.38 Å². The van der Waals surface area contributed by atoms with E-state index >= 15 is 0 Å². The first-order chi connectivity index (χ1) is 11.8. The number of carbonyl (C=O) groups is 2. The van der Waals surface area contributed by atoms with Crippen molar-refractivity contribution in [1.82, 2.24) is 15.6 Å². The fourth-order valence-corrected chi connectivity index (χ4v) is 2.26. The number of ether oxygens (including phenoxy) is 1. The summed E-state index contributed by atoms with van der Waals surface area (Å²) < 4.78 is 41.4. The molecule has 10 heteroatoms. The lowest BCUT2D eigenvalue weighted by Gasteiger charge is -2.10. The molecule has 134 valence electrons. The van der Waals surface area contributed by atoms with Gasteiger partial charge in [-0.3, -0.25) is 9.59 Å². The Balaban J connectivity index is 1.83. The van der Waals surface area contributed by atoms with Crippen LogP contribution in [0.25, 0.3) is 0 Å². The van der Waals surface area contributed by atoms with E-state index in [2.05, 4.69) is 10.3 Å². The van der Waals surface area contributed by atoms with Crippen LogP contribution in [-0.2, 0) is 11.4 Å². The summed E-state index contributed by atoms with van der Waals surface area (Å²) >= 11 is 1.43. The summed E-state index contributed by atoms with van der Waals surface area (Å²) in [6.07, 6.45) is -4.50. The van der Waals surface area contributed by atoms with Crippen molar-refractivity contribution in [3.8, 4) is 5.75 Å². The van der Waals surface area contributed by atoms with Gasteiger partial charge in [0.2, 0.25) is 5.91 Å². The minimum absolute atomic E-state index is 0.222. The lowest BCUT2D eigenvalue weighted by Crippen LogP contribution is -2.40. The van der Waals surface area contributed by atoms with Gasteiger partial charge < -0.3 is 15.4 Å². The molecule has 2 N–H and O–H groups in total. The standard InChI is InChI=1S/C15H14F3N3O3S/c16-15(17,18)8-20-13(22)5-19-14(23)10-2-1-3-12(4-10)24-6-11-7-25-9-21-11/h1-4,7,9H,5-6,8H2,(H,19,23)(H,20,22). The largest absolute Gasteiger partial charge is 0.487 e. The number of rotatable bonds is 7. The molecule has 1 aromatic heterocycles. The Hall–Kier alpha value is -2.62. The van der Waals surface area contributed by atoms with Crippen molar-refractivity contribution < 1.29 is 27.5 Å². The van der Waals surface area contributed by atoms with E-state index in [1.54, 1.807) is 23.0 Å². The highest BCUT2D eigenvalue weighted by Crippen LogP contribution is 2.15. The second-order valence-electron chi connectivity index (χ2n) is 4.87. The molecule has 0 fully saturated rings. The fraction of sp³-hybridized carbons (Fsp3) is 0.267. The van der Waals surface area contributed by atoms with Crippen LogP contribution < -0.4 is 15.4 Å². The Morgan fingerprint density at radius 2 is 2.04 bits per heavy atom. The summed E-state index contributed by atoms with van der Waals surface area (Å²) in [7, 11) is 0. The van der Waals surface area contributed by atoms with Gasteiger partial charge in [-0.05, 0) is 18.2 Å². The van der Waals surface area contributed by atoms with E-state index < -0.39 is 31.1 Å². The number of nitrogens with one attached hydrogen (secondary N) is 2. The first-order valence-corrected chi connectivity index (χ1v) is 7.99. The molecule has 0 saturated heterocycles. The molecular weight excluding hydrogens is 359 g/mol. The van der Waals surface area contributed by atoms with Crippen LogP contribution in [-0.4, -0.2) is 36.1 Å². The number of hydrogen-bond acceptors (Lipinski definition) is 5. The number of aromatic nitrogens is 1. The van der Waals surface area contributed by atoms with Crippen LogP contribution in [0.2, 0.25) is 0 Å². The zero-order chi connectivity index (χ0) is 18.3. The summed E-state index contributed by atoms with van der Waals surface area (Å²) in [6, 6.07) is 6.21. The second-order valence-corrected chi connectivity index (χ2v) is 5.59. The van der Waals surface area contributed by atoms with Crippen LogP contribution in [0.5, 0.6) is 5.75 Å². The zero-order valence-electron chi connectivity index (χ0n) is 12.8. The minimum Gasteiger partial charge on any atom is -0.487 e. The van der Waals surface area contributed by atoms with Gasteiger partial charge in [-0.2, -0.15) is 13.2 Å². The van der Waals surface area contributed by atoms with Crippen molar-refractivity contribution in [2.75, 3.05) is 13.1 Å². The molecule has 0 aliphatic carbocycles. The van der Waals surface area contributed by atoms with Gasteiger partial charge in [0.1, 0.15) is 18.9 Å². The van der Waals surface area contributed by atoms with Crippen LogP contribution in [0.15, 0.2) is 35.2 Å². The molecule has 2 aromatic rings. The molecule has 1 aromatic carbocycles. The lowest BCUT2D eigenvalue weighted by molar-refractivity contribution is -0.137. The zero-order valence-corrected chi connectivity index (χ0v) is 13.6. The van der Waals surface area contributed by atoms with Gasteiger partial charge in [0.25, 0.3) is 5.91 Å². The molecule has 0 radical (unpaired) electrons. The van der Waals surface area contributed by atoms with Crippen molar-refractivity contribution in [3.05, 3.63) is 46.4 Å². The normalized spacial score (nSPS) is 11.0. The van der Waals surface area contributed by atoms with E-state index in [0.29, 0.717) is 5.75 Å². The fourth-order valence-electron chi connectivity index (χ4n) is 1.72. The Bertz CT molecular complexity index is 720. The maximum absolute atomic E-state index is 12.0. The molecule has 6 nitrogen and oxygen atoms in total. The van der Waals surface area contributed by atoms with Gasteiger partial charge in [0.15, 0.2) is 0 Å². The summed E-state index contributed by atoms with van der Waals surface area (Å²) in [5.74, 6) is -1.09. The number of alkyl halides is 3. The number of amides is 2. The topological polar surface area (TPSA) is 80.3 Å². The van der Waals surface area contributed by atoms with Crippen LogP contribution in [0.3, 0.4) is 0 Å². The number of nitrogens with zero attached hydrogens (tertiary/aromatic N) is 1. The van der Waals surface area contributed by atoms with E-state index in [1.165, 1.54) is 23.5 Å². The minimum atomic E-state index is -4.50. The van der Waals surface area contributed by atoms with Crippen molar-refractivity contribution >= 4 is 23.2 Å². The molecule has 0 spiro atoms. The number of thiazole rings is 1. The predicted molar refractivity (Wildman–Crippen MR) is 84.3 cm³/mol. The van der Waals surface area contributed by atoms with E-state index in [9.17, 15) is 22.8 Å². The second kappa shape index (κ2) is 8.47. The first-order valence-electron chi connectivity index (χ1n) is 7.05. The average molecular weight is 373 g/mol. The molecule has 0 unspecified atom stereocenters. The number of halogens is 3. The highest BCUT2D eigenvalue weighted by Gasteiger charge is 2.27. The molecule has 2 rings (SSSR count).